The summed E-state index contributed by atoms with van der Waals surface area (Å²) in [5.41, 5.74) is 1.05. The van der Waals surface area contributed by atoms with Crippen LogP contribution in [-0.4, -0.2) is 64.3 Å². The molecule has 2 N–H and O–H groups in total. The van der Waals surface area contributed by atoms with Crippen molar-refractivity contribution in [3.05, 3.63) is 35.9 Å². The van der Waals surface area contributed by atoms with Gasteiger partial charge in [0.1, 0.15) is 0 Å². The molecule has 9 heteroatoms. The molecule has 144 valence electrons. The van der Waals surface area contributed by atoms with Gasteiger partial charge in [-0.15, -0.1) is 0 Å². The zero-order chi connectivity index (χ0) is 19.4. The SMILES string of the molecule is CC(c1ccccc1)N1CC(NC(=O)NCCN2C(=O)CSC2=O)CC1=O. The zero-order valence-electron chi connectivity index (χ0n) is 15.0. The van der Waals surface area contributed by atoms with E-state index in [2.05, 4.69) is 10.6 Å². The molecule has 1 aromatic rings. The minimum Gasteiger partial charge on any atom is -0.336 e. The van der Waals surface area contributed by atoms with E-state index >= 15 is 0 Å². The first kappa shape index (κ1) is 19.2. The third-order valence-corrected chi connectivity index (χ3v) is 5.56. The number of urea groups is 1. The second-order valence-electron chi connectivity index (χ2n) is 6.53. The molecular weight excluding hydrogens is 368 g/mol. The quantitative estimate of drug-likeness (QED) is 0.764. The van der Waals surface area contributed by atoms with Gasteiger partial charge in [-0.3, -0.25) is 19.3 Å². The van der Waals surface area contributed by atoms with E-state index in [1.54, 1.807) is 4.90 Å². The van der Waals surface area contributed by atoms with Crippen molar-refractivity contribution in [3.8, 4) is 0 Å². The van der Waals surface area contributed by atoms with Crippen LogP contribution in [0.5, 0.6) is 0 Å². The number of nitrogens with zero attached hydrogens (tertiary/aromatic N) is 2. The van der Waals surface area contributed by atoms with Crippen LogP contribution in [0.1, 0.15) is 24.9 Å². The summed E-state index contributed by atoms with van der Waals surface area (Å²) < 4.78 is 0. The second kappa shape index (κ2) is 8.43. The molecule has 5 amide bonds. The number of nitrogens with one attached hydrogen (secondary N) is 2. The summed E-state index contributed by atoms with van der Waals surface area (Å²) in [6.45, 7) is 2.74. The van der Waals surface area contributed by atoms with Crippen LogP contribution >= 0.6 is 11.8 Å². The number of thioether (sulfide) groups is 1. The highest BCUT2D eigenvalue weighted by Crippen LogP contribution is 2.25. The van der Waals surface area contributed by atoms with E-state index in [-0.39, 0.29) is 54.4 Å². The number of rotatable bonds is 6. The average Bonchev–Trinajstić information content (AvgIpc) is 3.18. The van der Waals surface area contributed by atoms with E-state index < -0.39 is 6.03 Å². The Morgan fingerprint density at radius 3 is 2.63 bits per heavy atom. The van der Waals surface area contributed by atoms with Crippen molar-refractivity contribution in [1.29, 1.82) is 0 Å². The zero-order valence-corrected chi connectivity index (χ0v) is 15.8. The smallest absolute Gasteiger partial charge is 0.315 e. The van der Waals surface area contributed by atoms with Crippen LogP contribution in [0.25, 0.3) is 0 Å². The highest BCUT2D eigenvalue weighted by atomic mass is 32.2. The number of hydrogen-bond acceptors (Lipinski definition) is 5. The number of hydrogen-bond donors (Lipinski definition) is 2. The third kappa shape index (κ3) is 4.60. The predicted octanol–water partition coefficient (Wildman–Crippen LogP) is 1.34. The molecule has 0 radical (unpaired) electrons. The number of amides is 5. The normalized spacial score (nSPS) is 20.9. The van der Waals surface area contributed by atoms with Gasteiger partial charge >= 0.3 is 6.03 Å². The van der Waals surface area contributed by atoms with Gasteiger partial charge in [0.05, 0.1) is 17.8 Å². The van der Waals surface area contributed by atoms with Crippen LogP contribution < -0.4 is 10.6 Å². The number of carbonyl (C=O) groups excluding carboxylic acids is 4. The van der Waals surface area contributed by atoms with E-state index in [4.69, 9.17) is 0 Å². The van der Waals surface area contributed by atoms with Crippen molar-refractivity contribution in [2.75, 3.05) is 25.4 Å². The van der Waals surface area contributed by atoms with Crippen molar-refractivity contribution in [2.45, 2.75) is 25.4 Å². The van der Waals surface area contributed by atoms with Crippen molar-refractivity contribution in [3.63, 3.8) is 0 Å². The molecule has 0 spiro atoms. The molecule has 27 heavy (non-hydrogen) atoms. The van der Waals surface area contributed by atoms with E-state index in [9.17, 15) is 19.2 Å². The molecule has 3 rings (SSSR count). The number of carbonyl (C=O) groups is 4. The Morgan fingerprint density at radius 2 is 1.96 bits per heavy atom. The molecule has 2 heterocycles. The van der Waals surface area contributed by atoms with E-state index in [0.29, 0.717) is 6.54 Å². The predicted molar refractivity (Wildman–Crippen MR) is 101 cm³/mol. The van der Waals surface area contributed by atoms with Gasteiger partial charge in [-0.05, 0) is 12.5 Å². The van der Waals surface area contributed by atoms with E-state index in [0.717, 1.165) is 22.2 Å². The van der Waals surface area contributed by atoms with Crippen LogP contribution in [-0.2, 0) is 9.59 Å². The van der Waals surface area contributed by atoms with Gasteiger partial charge in [-0.2, -0.15) is 0 Å². The Hall–Kier alpha value is -2.55. The molecule has 2 aliphatic heterocycles. The fraction of sp³-hybridized carbons (Fsp3) is 0.444. The topological polar surface area (TPSA) is 98.8 Å². The third-order valence-electron chi connectivity index (χ3n) is 4.70. The molecule has 2 unspecified atom stereocenters. The first-order valence-electron chi connectivity index (χ1n) is 8.81. The summed E-state index contributed by atoms with van der Waals surface area (Å²) in [6.07, 6.45) is 0.254. The number of imide groups is 1. The van der Waals surface area contributed by atoms with E-state index in [1.165, 1.54) is 0 Å². The van der Waals surface area contributed by atoms with Crippen LogP contribution in [0.15, 0.2) is 30.3 Å². The second-order valence-corrected chi connectivity index (χ2v) is 7.46. The lowest BCUT2D eigenvalue weighted by molar-refractivity contribution is -0.129. The van der Waals surface area contributed by atoms with Crippen molar-refractivity contribution < 1.29 is 19.2 Å². The molecule has 8 nitrogen and oxygen atoms in total. The van der Waals surface area contributed by atoms with Crippen molar-refractivity contribution in [1.82, 2.24) is 20.4 Å². The average molecular weight is 390 g/mol. The number of likely N-dealkylation sites (tertiary alicyclic amines) is 1. The van der Waals surface area contributed by atoms with Crippen LogP contribution in [0.4, 0.5) is 9.59 Å². The molecule has 0 aromatic heterocycles. The summed E-state index contributed by atoms with van der Waals surface area (Å²) >= 11 is 0.966. The maximum Gasteiger partial charge on any atom is 0.315 e. The molecule has 2 aliphatic rings. The lowest BCUT2D eigenvalue weighted by Crippen LogP contribution is -2.46. The van der Waals surface area contributed by atoms with Crippen molar-refractivity contribution in [2.24, 2.45) is 0 Å². The molecule has 0 saturated carbocycles. The fourth-order valence-electron chi connectivity index (χ4n) is 3.23. The first-order chi connectivity index (χ1) is 13.0. The highest BCUT2D eigenvalue weighted by molar-refractivity contribution is 8.14. The molecule has 0 bridgehead atoms. The lowest BCUT2D eigenvalue weighted by atomic mass is 10.1. The van der Waals surface area contributed by atoms with Gasteiger partial charge in [0.2, 0.25) is 11.8 Å². The Kier molecular flexibility index (Phi) is 6.00. The molecule has 2 saturated heterocycles. The van der Waals surface area contributed by atoms with Crippen LogP contribution in [0.3, 0.4) is 0 Å². The first-order valence-corrected chi connectivity index (χ1v) is 9.80. The summed E-state index contributed by atoms with van der Waals surface area (Å²) in [5.74, 6) is -0.0777. The van der Waals surface area contributed by atoms with Gasteiger partial charge in [0, 0.05) is 26.1 Å². The van der Waals surface area contributed by atoms with Crippen LogP contribution in [0, 0.1) is 0 Å². The summed E-state index contributed by atoms with van der Waals surface area (Å²) in [7, 11) is 0. The molecule has 0 aliphatic carbocycles. The monoisotopic (exact) mass is 390 g/mol. The van der Waals surface area contributed by atoms with Gasteiger partial charge in [-0.1, -0.05) is 42.1 Å². The van der Waals surface area contributed by atoms with Crippen LogP contribution in [0.2, 0.25) is 0 Å². The van der Waals surface area contributed by atoms with Gasteiger partial charge in [-0.25, -0.2) is 4.79 Å². The Balaban J connectivity index is 1.44. The maximum atomic E-state index is 12.3. The lowest BCUT2D eigenvalue weighted by Gasteiger charge is -2.25. The number of benzene rings is 1. The van der Waals surface area contributed by atoms with Gasteiger partial charge in [0.15, 0.2) is 0 Å². The molecule has 2 atom stereocenters. The molecule has 2 fully saturated rings. The highest BCUT2D eigenvalue weighted by Gasteiger charge is 2.34. The Bertz CT molecular complexity index is 726. The molecular formula is C18H22N4O4S. The largest absolute Gasteiger partial charge is 0.336 e. The van der Waals surface area contributed by atoms with Gasteiger partial charge < -0.3 is 15.5 Å². The van der Waals surface area contributed by atoms with Crippen molar-refractivity contribution >= 4 is 34.8 Å². The minimum absolute atomic E-state index is 0.00179. The summed E-state index contributed by atoms with van der Waals surface area (Å²) in [5, 5.41) is 5.14. The minimum atomic E-state index is -0.409. The van der Waals surface area contributed by atoms with Gasteiger partial charge in [0.25, 0.3) is 5.24 Å². The summed E-state index contributed by atoms with van der Waals surface area (Å²) in [6, 6.07) is 9.02. The fourth-order valence-corrected chi connectivity index (χ4v) is 3.98. The standard InChI is InChI=1S/C18H22N4O4S/c1-12(13-5-3-2-4-6-13)22-10-14(9-15(22)23)20-17(25)19-7-8-21-16(24)11-27-18(21)26/h2-6,12,14H,7-11H2,1H3,(H2,19,20,25). The Morgan fingerprint density at radius 1 is 1.22 bits per heavy atom. The summed E-state index contributed by atoms with van der Waals surface area (Å²) in [4.78, 5) is 50.2. The van der Waals surface area contributed by atoms with E-state index in [1.807, 2.05) is 37.3 Å². The Labute approximate surface area is 161 Å². The molecule has 1 aromatic carbocycles. The maximum absolute atomic E-state index is 12.3.